The number of benzene rings is 1. The highest BCUT2D eigenvalue weighted by Crippen LogP contribution is 2.25. The van der Waals surface area contributed by atoms with Gasteiger partial charge in [0.2, 0.25) is 5.91 Å². The summed E-state index contributed by atoms with van der Waals surface area (Å²) in [4.78, 5) is 26.5. The summed E-state index contributed by atoms with van der Waals surface area (Å²) in [6.45, 7) is 2.89. The summed E-state index contributed by atoms with van der Waals surface area (Å²) in [6, 6.07) is 8.87. The highest BCUT2D eigenvalue weighted by molar-refractivity contribution is 5.76. The lowest BCUT2D eigenvalue weighted by molar-refractivity contribution is -0.384. The maximum atomic E-state index is 11.8. The average Bonchev–Trinajstić information content (AvgIpc) is 2.61. The van der Waals surface area contributed by atoms with Gasteiger partial charge in [-0.05, 0) is 43.0 Å². The Bertz CT molecular complexity index is 720. The monoisotopic (exact) mass is 342 g/mol. The molecule has 1 aromatic carbocycles. The summed E-state index contributed by atoms with van der Waals surface area (Å²) >= 11 is 0. The van der Waals surface area contributed by atoms with Crippen LogP contribution in [-0.2, 0) is 11.2 Å². The minimum Gasteiger partial charge on any atom is -0.379 e. The van der Waals surface area contributed by atoms with Crippen molar-refractivity contribution in [1.29, 1.82) is 0 Å². The Morgan fingerprint density at radius 1 is 1.28 bits per heavy atom. The number of nitro benzene ring substituents is 1. The quantitative estimate of drug-likeness (QED) is 0.415. The molecule has 0 atom stereocenters. The largest absolute Gasteiger partial charge is 0.379 e. The number of hydrogen-bond donors (Lipinski definition) is 2. The van der Waals surface area contributed by atoms with Crippen molar-refractivity contribution < 1.29 is 9.72 Å². The molecule has 0 aliphatic carbocycles. The zero-order valence-corrected chi connectivity index (χ0v) is 14.2. The van der Waals surface area contributed by atoms with E-state index in [1.165, 1.54) is 0 Å². The molecule has 0 fully saturated rings. The van der Waals surface area contributed by atoms with Crippen LogP contribution >= 0.6 is 0 Å². The Morgan fingerprint density at radius 2 is 2.12 bits per heavy atom. The first-order valence-electron chi connectivity index (χ1n) is 8.21. The summed E-state index contributed by atoms with van der Waals surface area (Å²) in [5.74, 6) is -0.00910. The van der Waals surface area contributed by atoms with Crippen molar-refractivity contribution >= 4 is 17.3 Å². The maximum absolute atomic E-state index is 11.8. The van der Waals surface area contributed by atoms with Gasteiger partial charge in [-0.3, -0.25) is 19.9 Å². The molecule has 0 bridgehead atoms. The van der Waals surface area contributed by atoms with Gasteiger partial charge in [-0.25, -0.2) is 0 Å². The molecule has 0 saturated carbocycles. The Kier molecular flexibility index (Phi) is 6.88. The van der Waals surface area contributed by atoms with Crippen molar-refractivity contribution in [2.45, 2.75) is 26.2 Å². The number of nitrogens with zero attached hydrogens (tertiary/aromatic N) is 2. The second kappa shape index (κ2) is 9.36. The van der Waals surface area contributed by atoms with E-state index >= 15 is 0 Å². The summed E-state index contributed by atoms with van der Waals surface area (Å²) in [6.07, 6.45) is 5.22. The van der Waals surface area contributed by atoms with Crippen LogP contribution in [0, 0.1) is 17.0 Å². The number of aryl methyl sites for hydroxylation is 2. The van der Waals surface area contributed by atoms with Crippen molar-refractivity contribution in [2.75, 3.05) is 18.4 Å². The number of amides is 1. The van der Waals surface area contributed by atoms with Gasteiger partial charge in [-0.15, -0.1) is 0 Å². The first-order chi connectivity index (χ1) is 12.1. The number of hydrogen-bond acceptors (Lipinski definition) is 5. The topological polar surface area (TPSA) is 97.2 Å². The molecular formula is C18H22N4O3. The standard InChI is InChI=1S/C18H22N4O3/c1-14-5-7-16(17(12-14)22(24)25)20-10-3-11-21-18(23)8-6-15-4-2-9-19-13-15/h2,4-5,7,9,12-13,20H,3,6,8,10-11H2,1H3,(H,21,23). The molecule has 2 aromatic rings. The number of rotatable bonds is 9. The Hall–Kier alpha value is -2.96. The minimum atomic E-state index is -0.393. The van der Waals surface area contributed by atoms with E-state index < -0.39 is 4.92 Å². The van der Waals surface area contributed by atoms with Crippen molar-refractivity contribution in [3.05, 3.63) is 64.0 Å². The number of nitro groups is 1. The van der Waals surface area contributed by atoms with Crippen LogP contribution in [0.25, 0.3) is 0 Å². The number of pyridine rings is 1. The molecule has 132 valence electrons. The molecule has 2 N–H and O–H groups in total. The van der Waals surface area contributed by atoms with E-state index in [-0.39, 0.29) is 11.6 Å². The van der Waals surface area contributed by atoms with E-state index in [1.807, 2.05) is 25.1 Å². The van der Waals surface area contributed by atoms with E-state index in [0.717, 1.165) is 11.1 Å². The van der Waals surface area contributed by atoms with E-state index in [2.05, 4.69) is 15.6 Å². The molecule has 0 unspecified atom stereocenters. The summed E-state index contributed by atoms with van der Waals surface area (Å²) in [5, 5.41) is 16.9. The van der Waals surface area contributed by atoms with Crippen LogP contribution < -0.4 is 10.6 Å². The molecule has 0 spiro atoms. The second-order valence-corrected chi connectivity index (χ2v) is 5.77. The van der Waals surface area contributed by atoms with Gasteiger partial charge in [0.15, 0.2) is 0 Å². The fourth-order valence-corrected chi connectivity index (χ4v) is 2.37. The zero-order chi connectivity index (χ0) is 18.1. The highest BCUT2D eigenvalue weighted by atomic mass is 16.6. The van der Waals surface area contributed by atoms with Crippen LogP contribution in [0.3, 0.4) is 0 Å². The molecule has 0 radical (unpaired) electrons. The predicted octanol–water partition coefficient (Wildman–Crippen LogP) is 2.85. The second-order valence-electron chi connectivity index (χ2n) is 5.77. The Labute approximate surface area is 146 Å². The fourth-order valence-electron chi connectivity index (χ4n) is 2.37. The molecule has 0 aliphatic heterocycles. The van der Waals surface area contributed by atoms with Gasteiger partial charge in [0.05, 0.1) is 4.92 Å². The summed E-state index contributed by atoms with van der Waals surface area (Å²) in [7, 11) is 0. The first-order valence-corrected chi connectivity index (χ1v) is 8.21. The molecule has 1 aromatic heterocycles. The van der Waals surface area contributed by atoms with Gasteiger partial charge in [0, 0.05) is 38.0 Å². The minimum absolute atomic E-state index is 0.00910. The van der Waals surface area contributed by atoms with Gasteiger partial charge in [0.1, 0.15) is 5.69 Å². The van der Waals surface area contributed by atoms with E-state index in [9.17, 15) is 14.9 Å². The Morgan fingerprint density at radius 3 is 2.84 bits per heavy atom. The lowest BCUT2D eigenvalue weighted by Crippen LogP contribution is -2.26. The van der Waals surface area contributed by atoms with Gasteiger partial charge >= 0.3 is 0 Å². The number of aromatic nitrogens is 1. The molecule has 0 aliphatic rings. The summed E-state index contributed by atoms with van der Waals surface area (Å²) in [5.41, 5.74) is 2.45. The Balaban J connectivity index is 1.66. The molecule has 0 saturated heterocycles. The molecule has 7 nitrogen and oxygen atoms in total. The predicted molar refractivity (Wildman–Crippen MR) is 96.5 cm³/mol. The summed E-state index contributed by atoms with van der Waals surface area (Å²) < 4.78 is 0. The van der Waals surface area contributed by atoms with Crippen LogP contribution in [0.5, 0.6) is 0 Å². The van der Waals surface area contributed by atoms with Crippen molar-refractivity contribution in [1.82, 2.24) is 10.3 Å². The van der Waals surface area contributed by atoms with E-state index in [1.54, 1.807) is 24.5 Å². The molecule has 2 rings (SSSR count). The average molecular weight is 342 g/mol. The van der Waals surface area contributed by atoms with Crippen LogP contribution in [0.1, 0.15) is 24.0 Å². The third-order valence-electron chi connectivity index (χ3n) is 3.70. The van der Waals surface area contributed by atoms with Crippen LogP contribution in [-0.4, -0.2) is 28.9 Å². The zero-order valence-electron chi connectivity index (χ0n) is 14.2. The van der Waals surface area contributed by atoms with Crippen LogP contribution in [0.4, 0.5) is 11.4 Å². The highest BCUT2D eigenvalue weighted by Gasteiger charge is 2.12. The lowest BCUT2D eigenvalue weighted by Gasteiger charge is -2.09. The first kappa shape index (κ1) is 18.4. The van der Waals surface area contributed by atoms with Gasteiger partial charge in [-0.1, -0.05) is 12.1 Å². The van der Waals surface area contributed by atoms with Crippen LogP contribution in [0.15, 0.2) is 42.7 Å². The molecule has 1 amide bonds. The smallest absolute Gasteiger partial charge is 0.292 e. The normalized spacial score (nSPS) is 10.3. The van der Waals surface area contributed by atoms with Gasteiger partial charge in [0.25, 0.3) is 5.69 Å². The molecule has 1 heterocycles. The SMILES string of the molecule is Cc1ccc(NCCCNC(=O)CCc2cccnc2)c([N+](=O)[O-])c1. The number of anilines is 1. The lowest BCUT2D eigenvalue weighted by atomic mass is 10.1. The van der Waals surface area contributed by atoms with Gasteiger partial charge in [-0.2, -0.15) is 0 Å². The fraction of sp³-hybridized carbons (Fsp3) is 0.333. The number of carbonyl (C=O) groups excluding carboxylic acids is 1. The molecule has 25 heavy (non-hydrogen) atoms. The van der Waals surface area contributed by atoms with E-state index in [4.69, 9.17) is 0 Å². The maximum Gasteiger partial charge on any atom is 0.292 e. The molecular weight excluding hydrogens is 320 g/mol. The third-order valence-corrected chi connectivity index (χ3v) is 3.70. The number of nitrogens with one attached hydrogen (secondary N) is 2. The van der Waals surface area contributed by atoms with Crippen molar-refractivity contribution in [3.8, 4) is 0 Å². The third kappa shape index (κ3) is 6.21. The van der Waals surface area contributed by atoms with Crippen molar-refractivity contribution in [3.63, 3.8) is 0 Å². The number of carbonyl (C=O) groups is 1. The van der Waals surface area contributed by atoms with E-state index in [0.29, 0.717) is 38.0 Å². The van der Waals surface area contributed by atoms with Gasteiger partial charge < -0.3 is 10.6 Å². The molecule has 7 heteroatoms. The van der Waals surface area contributed by atoms with Crippen LogP contribution in [0.2, 0.25) is 0 Å². The van der Waals surface area contributed by atoms with Crippen molar-refractivity contribution in [2.24, 2.45) is 0 Å².